The van der Waals surface area contributed by atoms with Gasteiger partial charge in [0, 0.05) is 0 Å². The summed E-state index contributed by atoms with van der Waals surface area (Å²) in [6.07, 6.45) is 2.19. The second-order valence-electron chi connectivity index (χ2n) is 3.71. The third-order valence-corrected chi connectivity index (χ3v) is 3.68. The normalized spacial score (nSPS) is 11.4. The number of rotatable bonds is 7. The van der Waals surface area contributed by atoms with Gasteiger partial charge in [0.1, 0.15) is 5.75 Å². The molecule has 2 N–H and O–H groups in total. The second-order valence-corrected chi connectivity index (χ2v) is 6.29. The first kappa shape index (κ1) is 14.5. The monoisotopic (exact) mass is 321 g/mol. The summed E-state index contributed by atoms with van der Waals surface area (Å²) in [6.45, 7) is 0.577. The summed E-state index contributed by atoms with van der Waals surface area (Å²) in [6, 6.07) is 7.62. The van der Waals surface area contributed by atoms with Crippen LogP contribution in [0.2, 0.25) is 0 Å². The summed E-state index contributed by atoms with van der Waals surface area (Å²) in [5.74, 6) is 0.848. The van der Waals surface area contributed by atoms with Crippen molar-refractivity contribution in [1.29, 1.82) is 0 Å². The van der Waals surface area contributed by atoms with Crippen molar-refractivity contribution in [3.8, 4) is 5.75 Å². The van der Waals surface area contributed by atoms with Crippen LogP contribution in [0.3, 0.4) is 0 Å². The molecule has 0 saturated heterocycles. The number of hydrogen-bond acceptors (Lipinski definition) is 3. The summed E-state index contributed by atoms with van der Waals surface area (Å²) in [5, 5.41) is 4.90. The molecule has 1 rings (SSSR count). The predicted octanol–water partition coefficient (Wildman–Crippen LogP) is 2.29. The third kappa shape index (κ3) is 6.65. The van der Waals surface area contributed by atoms with Gasteiger partial charge in [0.2, 0.25) is 10.0 Å². The molecule has 0 aliphatic heterocycles. The molecule has 0 atom stereocenters. The number of unbranched alkanes of at least 4 members (excludes halogenated alkanes) is 2. The van der Waals surface area contributed by atoms with Gasteiger partial charge in [-0.05, 0) is 47.3 Å². The van der Waals surface area contributed by atoms with Crippen LogP contribution < -0.4 is 9.88 Å². The van der Waals surface area contributed by atoms with E-state index in [-0.39, 0.29) is 5.75 Å². The highest BCUT2D eigenvalue weighted by atomic mass is 79.9. The molecule has 17 heavy (non-hydrogen) atoms. The van der Waals surface area contributed by atoms with Gasteiger partial charge in [-0.25, -0.2) is 13.6 Å². The van der Waals surface area contributed by atoms with Crippen LogP contribution in [-0.2, 0) is 10.0 Å². The van der Waals surface area contributed by atoms with Crippen molar-refractivity contribution in [2.45, 2.75) is 19.3 Å². The number of nitrogens with two attached hydrogens (primary N) is 1. The lowest BCUT2D eigenvalue weighted by Gasteiger charge is -2.07. The summed E-state index contributed by atoms with van der Waals surface area (Å²) in [5.41, 5.74) is 0. The Bertz CT molecular complexity index is 448. The van der Waals surface area contributed by atoms with E-state index in [1.54, 1.807) is 0 Å². The zero-order valence-corrected chi connectivity index (χ0v) is 11.8. The van der Waals surface area contributed by atoms with E-state index in [0.717, 1.165) is 23.1 Å². The number of benzene rings is 1. The van der Waals surface area contributed by atoms with Crippen molar-refractivity contribution in [3.63, 3.8) is 0 Å². The highest BCUT2D eigenvalue weighted by Crippen LogP contribution is 2.23. The Hall–Kier alpha value is -0.590. The minimum atomic E-state index is -3.32. The molecule has 1 aromatic rings. The van der Waals surface area contributed by atoms with Gasteiger partial charge in [-0.3, -0.25) is 0 Å². The second kappa shape index (κ2) is 6.98. The number of sulfonamides is 1. The Morgan fingerprint density at radius 2 is 1.88 bits per heavy atom. The van der Waals surface area contributed by atoms with Crippen LogP contribution in [0.25, 0.3) is 0 Å². The Kier molecular flexibility index (Phi) is 5.94. The lowest BCUT2D eigenvalue weighted by molar-refractivity contribution is 0.304. The topological polar surface area (TPSA) is 69.4 Å². The smallest absolute Gasteiger partial charge is 0.209 e. The zero-order valence-electron chi connectivity index (χ0n) is 9.43. The lowest BCUT2D eigenvalue weighted by Crippen LogP contribution is -2.16. The molecule has 0 aromatic heterocycles. The van der Waals surface area contributed by atoms with E-state index in [2.05, 4.69) is 15.9 Å². The van der Waals surface area contributed by atoms with Crippen molar-refractivity contribution in [2.24, 2.45) is 5.14 Å². The first-order valence-corrected chi connectivity index (χ1v) is 7.88. The van der Waals surface area contributed by atoms with Crippen LogP contribution in [0.5, 0.6) is 5.75 Å². The van der Waals surface area contributed by atoms with Crippen molar-refractivity contribution in [3.05, 3.63) is 28.7 Å². The maximum Gasteiger partial charge on any atom is 0.209 e. The molecule has 1 aromatic carbocycles. The first-order chi connectivity index (χ1) is 7.99. The molecule has 0 radical (unpaired) electrons. The molecule has 0 unspecified atom stereocenters. The quantitative estimate of drug-likeness (QED) is 0.783. The van der Waals surface area contributed by atoms with E-state index in [1.165, 1.54) is 0 Å². The van der Waals surface area contributed by atoms with Crippen LogP contribution in [0, 0.1) is 0 Å². The molecule has 0 heterocycles. The van der Waals surface area contributed by atoms with E-state index < -0.39 is 10.0 Å². The molecular weight excluding hydrogens is 306 g/mol. The summed E-state index contributed by atoms with van der Waals surface area (Å²) < 4.78 is 27.8. The Morgan fingerprint density at radius 1 is 1.18 bits per heavy atom. The van der Waals surface area contributed by atoms with Gasteiger partial charge in [-0.15, -0.1) is 0 Å². The van der Waals surface area contributed by atoms with Crippen LogP contribution in [0.15, 0.2) is 28.7 Å². The number of primary sulfonamides is 1. The van der Waals surface area contributed by atoms with Crippen molar-refractivity contribution < 1.29 is 13.2 Å². The molecular formula is C11H16BrNO3S. The minimum absolute atomic E-state index is 0.0437. The summed E-state index contributed by atoms with van der Waals surface area (Å²) in [4.78, 5) is 0. The van der Waals surface area contributed by atoms with E-state index in [9.17, 15) is 8.42 Å². The minimum Gasteiger partial charge on any atom is -0.492 e. The van der Waals surface area contributed by atoms with Crippen LogP contribution in [0.1, 0.15) is 19.3 Å². The number of ether oxygens (including phenoxy) is 1. The molecule has 0 amide bonds. The summed E-state index contributed by atoms with van der Waals surface area (Å²) in [7, 11) is -3.32. The molecule has 4 nitrogen and oxygen atoms in total. The maximum absolute atomic E-state index is 10.7. The molecule has 0 saturated carbocycles. The van der Waals surface area contributed by atoms with E-state index in [4.69, 9.17) is 9.88 Å². The fourth-order valence-electron chi connectivity index (χ4n) is 1.33. The van der Waals surface area contributed by atoms with E-state index >= 15 is 0 Å². The summed E-state index contributed by atoms with van der Waals surface area (Å²) >= 11 is 3.38. The highest BCUT2D eigenvalue weighted by molar-refractivity contribution is 9.10. The van der Waals surface area contributed by atoms with Gasteiger partial charge in [-0.1, -0.05) is 12.1 Å². The fourth-order valence-corrected chi connectivity index (χ4v) is 2.33. The number of para-hydroxylation sites is 1. The molecule has 0 spiro atoms. The molecule has 0 bridgehead atoms. The lowest BCUT2D eigenvalue weighted by atomic mass is 10.3. The van der Waals surface area contributed by atoms with Gasteiger partial charge in [-0.2, -0.15) is 0 Å². The Labute approximate surface area is 110 Å². The number of hydrogen-bond donors (Lipinski definition) is 1. The van der Waals surface area contributed by atoms with Crippen molar-refractivity contribution >= 4 is 26.0 Å². The van der Waals surface area contributed by atoms with Crippen molar-refractivity contribution in [2.75, 3.05) is 12.4 Å². The zero-order chi connectivity index (χ0) is 12.7. The van der Waals surface area contributed by atoms with Crippen molar-refractivity contribution in [1.82, 2.24) is 0 Å². The van der Waals surface area contributed by atoms with Gasteiger partial charge >= 0.3 is 0 Å². The molecule has 96 valence electrons. The molecule has 0 aliphatic carbocycles. The molecule has 0 fully saturated rings. The first-order valence-electron chi connectivity index (χ1n) is 5.37. The SMILES string of the molecule is NS(=O)(=O)CCCCCOc1ccccc1Br. The standard InChI is InChI=1S/C11H16BrNO3S/c12-10-6-2-3-7-11(10)16-8-4-1-5-9-17(13,14)15/h2-3,6-7H,1,4-5,8-9H2,(H2,13,14,15). The van der Waals surface area contributed by atoms with Gasteiger partial charge in [0.15, 0.2) is 0 Å². The van der Waals surface area contributed by atoms with Gasteiger partial charge < -0.3 is 4.74 Å². The third-order valence-electron chi connectivity index (χ3n) is 2.17. The highest BCUT2D eigenvalue weighted by Gasteiger charge is 2.02. The largest absolute Gasteiger partial charge is 0.492 e. The Balaban J connectivity index is 2.15. The van der Waals surface area contributed by atoms with E-state index in [0.29, 0.717) is 13.0 Å². The predicted molar refractivity (Wildman–Crippen MR) is 71.5 cm³/mol. The maximum atomic E-state index is 10.7. The van der Waals surface area contributed by atoms with E-state index in [1.807, 2.05) is 24.3 Å². The average molecular weight is 322 g/mol. The van der Waals surface area contributed by atoms with Gasteiger partial charge in [0.05, 0.1) is 16.8 Å². The van der Waals surface area contributed by atoms with Crippen LogP contribution in [-0.4, -0.2) is 20.8 Å². The van der Waals surface area contributed by atoms with Crippen LogP contribution in [0.4, 0.5) is 0 Å². The fraction of sp³-hybridized carbons (Fsp3) is 0.455. The number of halogens is 1. The van der Waals surface area contributed by atoms with Gasteiger partial charge in [0.25, 0.3) is 0 Å². The molecule has 0 aliphatic rings. The van der Waals surface area contributed by atoms with Crippen LogP contribution >= 0.6 is 15.9 Å². The average Bonchev–Trinajstić information content (AvgIpc) is 2.24. The Morgan fingerprint density at radius 3 is 2.53 bits per heavy atom. The molecule has 6 heteroatoms.